The predicted octanol–water partition coefficient (Wildman–Crippen LogP) is 3.42. The van der Waals surface area contributed by atoms with E-state index in [0.29, 0.717) is 17.0 Å². The Morgan fingerprint density at radius 1 is 1.19 bits per heavy atom. The summed E-state index contributed by atoms with van der Waals surface area (Å²) in [7, 11) is 1.57. The van der Waals surface area contributed by atoms with Gasteiger partial charge < -0.3 is 9.84 Å². The van der Waals surface area contributed by atoms with Crippen LogP contribution in [0.3, 0.4) is 0 Å². The molecular weight excluding hydrogens is 344 g/mol. The van der Waals surface area contributed by atoms with Gasteiger partial charge in [-0.25, -0.2) is 4.79 Å². The molecule has 1 heterocycles. The lowest BCUT2D eigenvalue weighted by atomic mass is 10.0. The molecule has 3 rings (SSSR count). The number of aromatic nitrogens is 2. The number of ether oxygens (including phenoxy) is 1. The van der Waals surface area contributed by atoms with E-state index in [9.17, 15) is 14.7 Å². The zero-order chi connectivity index (χ0) is 19.4. The van der Waals surface area contributed by atoms with Crippen molar-refractivity contribution in [3.63, 3.8) is 0 Å². The third kappa shape index (κ3) is 3.79. The van der Waals surface area contributed by atoms with Crippen molar-refractivity contribution >= 4 is 18.1 Å². The molecule has 0 spiro atoms. The number of rotatable bonds is 5. The standard InChI is InChI=1S/C21H18N2O4/c1-14-11-17(23-10-9-22-13-19(23)24)12-16(20(14)27-2)8-7-15-5-3-4-6-18(15)21(25)26/h3-13H,1-2H3,(H,25,26). The van der Waals surface area contributed by atoms with Crippen LogP contribution in [-0.4, -0.2) is 27.7 Å². The minimum absolute atomic E-state index is 0.214. The summed E-state index contributed by atoms with van der Waals surface area (Å²) in [5.74, 6) is -0.333. The van der Waals surface area contributed by atoms with Crippen LogP contribution in [0.4, 0.5) is 0 Å². The summed E-state index contributed by atoms with van der Waals surface area (Å²) in [5.41, 5.74) is 2.81. The first kappa shape index (κ1) is 18.1. The Hall–Kier alpha value is -3.67. The summed E-state index contributed by atoms with van der Waals surface area (Å²) in [6, 6.07) is 10.4. The van der Waals surface area contributed by atoms with E-state index >= 15 is 0 Å². The number of carboxylic acids is 1. The molecule has 0 amide bonds. The van der Waals surface area contributed by atoms with E-state index in [1.54, 1.807) is 55.9 Å². The zero-order valence-corrected chi connectivity index (χ0v) is 14.9. The Labute approximate surface area is 156 Å². The first-order valence-electron chi connectivity index (χ1n) is 8.23. The maximum atomic E-state index is 12.1. The fraction of sp³-hybridized carbons (Fsp3) is 0.0952. The molecule has 136 valence electrons. The largest absolute Gasteiger partial charge is 0.496 e. The second-order valence-corrected chi connectivity index (χ2v) is 5.90. The highest BCUT2D eigenvalue weighted by Gasteiger charge is 2.10. The van der Waals surface area contributed by atoms with Gasteiger partial charge in [-0.15, -0.1) is 0 Å². The highest BCUT2D eigenvalue weighted by atomic mass is 16.5. The van der Waals surface area contributed by atoms with Gasteiger partial charge in [0.15, 0.2) is 0 Å². The highest BCUT2D eigenvalue weighted by molar-refractivity contribution is 5.93. The second-order valence-electron chi connectivity index (χ2n) is 5.90. The molecule has 0 radical (unpaired) electrons. The number of carbonyl (C=O) groups is 1. The van der Waals surface area contributed by atoms with E-state index < -0.39 is 5.97 Å². The minimum atomic E-state index is -0.990. The van der Waals surface area contributed by atoms with Crippen LogP contribution < -0.4 is 10.3 Å². The maximum absolute atomic E-state index is 12.1. The Bertz CT molecular complexity index is 1080. The predicted molar refractivity (Wildman–Crippen MR) is 103 cm³/mol. The normalized spacial score (nSPS) is 10.9. The Morgan fingerprint density at radius 2 is 1.93 bits per heavy atom. The third-order valence-corrected chi connectivity index (χ3v) is 4.13. The van der Waals surface area contributed by atoms with Crippen molar-refractivity contribution in [3.8, 4) is 11.4 Å². The summed E-state index contributed by atoms with van der Waals surface area (Å²) in [5, 5.41) is 9.33. The van der Waals surface area contributed by atoms with Crippen LogP contribution in [0.25, 0.3) is 17.8 Å². The maximum Gasteiger partial charge on any atom is 0.336 e. The van der Waals surface area contributed by atoms with E-state index in [-0.39, 0.29) is 11.1 Å². The topological polar surface area (TPSA) is 81.4 Å². The molecule has 0 aliphatic carbocycles. The SMILES string of the molecule is COc1c(C)cc(-n2ccncc2=O)cc1C=Cc1ccccc1C(=O)O. The molecule has 2 aromatic carbocycles. The molecule has 6 nitrogen and oxygen atoms in total. The number of hydrogen-bond donors (Lipinski definition) is 1. The quantitative estimate of drug-likeness (QED) is 0.704. The Balaban J connectivity index is 2.11. The fourth-order valence-electron chi connectivity index (χ4n) is 2.90. The second kappa shape index (κ2) is 7.70. The number of nitrogens with zero attached hydrogens (tertiary/aromatic N) is 2. The van der Waals surface area contributed by atoms with Crippen molar-refractivity contribution in [1.29, 1.82) is 0 Å². The number of hydrogen-bond acceptors (Lipinski definition) is 4. The van der Waals surface area contributed by atoms with Gasteiger partial charge in [-0.3, -0.25) is 14.3 Å². The van der Waals surface area contributed by atoms with Crippen LogP contribution in [-0.2, 0) is 0 Å². The van der Waals surface area contributed by atoms with E-state index in [0.717, 1.165) is 11.1 Å². The van der Waals surface area contributed by atoms with Crippen molar-refractivity contribution in [2.24, 2.45) is 0 Å². The van der Waals surface area contributed by atoms with E-state index in [1.165, 1.54) is 10.8 Å². The molecule has 1 aromatic heterocycles. The van der Waals surface area contributed by atoms with Crippen molar-refractivity contribution in [1.82, 2.24) is 9.55 Å². The van der Waals surface area contributed by atoms with Crippen LogP contribution in [0.1, 0.15) is 27.0 Å². The van der Waals surface area contributed by atoms with E-state index in [2.05, 4.69) is 4.98 Å². The summed E-state index contributed by atoms with van der Waals surface area (Å²) in [4.78, 5) is 27.3. The monoisotopic (exact) mass is 362 g/mol. The van der Waals surface area contributed by atoms with Crippen LogP contribution >= 0.6 is 0 Å². The molecule has 0 fully saturated rings. The first-order valence-corrected chi connectivity index (χ1v) is 8.23. The molecule has 6 heteroatoms. The molecule has 0 saturated heterocycles. The Kier molecular flexibility index (Phi) is 5.17. The molecule has 3 aromatic rings. The lowest BCUT2D eigenvalue weighted by Crippen LogP contribution is -2.17. The van der Waals surface area contributed by atoms with Crippen LogP contribution in [0.5, 0.6) is 5.75 Å². The average Bonchev–Trinajstić information content (AvgIpc) is 2.66. The number of methoxy groups -OCH3 is 1. The van der Waals surface area contributed by atoms with E-state index in [1.807, 2.05) is 19.1 Å². The lowest BCUT2D eigenvalue weighted by molar-refractivity contribution is 0.0696. The van der Waals surface area contributed by atoms with Gasteiger partial charge in [-0.2, -0.15) is 0 Å². The van der Waals surface area contributed by atoms with Crippen LogP contribution in [0.2, 0.25) is 0 Å². The van der Waals surface area contributed by atoms with Crippen molar-refractivity contribution in [3.05, 3.63) is 87.6 Å². The minimum Gasteiger partial charge on any atom is -0.496 e. The van der Waals surface area contributed by atoms with E-state index in [4.69, 9.17) is 4.74 Å². The molecule has 0 bridgehead atoms. The molecule has 0 aliphatic heterocycles. The number of aromatic carboxylic acids is 1. The summed E-state index contributed by atoms with van der Waals surface area (Å²) >= 11 is 0. The number of benzene rings is 2. The van der Waals surface area contributed by atoms with Gasteiger partial charge in [0.05, 0.1) is 18.9 Å². The third-order valence-electron chi connectivity index (χ3n) is 4.13. The van der Waals surface area contributed by atoms with Crippen molar-refractivity contribution in [2.45, 2.75) is 6.92 Å². The molecule has 0 atom stereocenters. The fourth-order valence-corrected chi connectivity index (χ4v) is 2.90. The number of aryl methyl sites for hydroxylation is 1. The molecule has 0 saturated carbocycles. The van der Waals surface area contributed by atoms with Gasteiger partial charge >= 0.3 is 5.97 Å². The summed E-state index contributed by atoms with van der Waals surface area (Å²) < 4.78 is 6.98. The number of carboxylic acid groups (broad SMARTS) is 1. The van der Waals surface area contributed by atoms with Gasteiger partial charge in [0, 0.05) is 23.6 Å². The van der Waals surface area contributed by atoms with Crippen molar-refractivity contribution < 1.29 is 14.6 Å². The van der Waals surface area contributed by atoms with Gasteiger partial charge in [-0.05, 0) is 36.2 Å². The van der Waals surface area contributed by atoms with Gasteiger partial charge in [0.1, 0.15) is 5.75 Å². The van der Waals surface area contributed by atoms with Crippen LogP contribution in [0, 0.1) is 6.92 Å². The molecule has 27 heavy (non-hydrogen) atoms. The smallest absolute Gasteiger partial charge is 0.336 e. The van der Waals surface area contributed by atoms with Gasteiger partial charge in [-0.1, -0.05) is 30.4 Å². The molecule has 1 N–H and O–H groups in total. The molecular formula is C21H18N2O4. The van der Waals surface area contributed by atoms with Crippen molar-refractivity contribution in [2.75, 3.05) is 7.11 Å². The molecule has 0 aliphatic rings. The highest BCUT2D eigenvalue weighted by Crippen LogP contribution is 2.28. The summed E-state index contributed by atoms with van der Waals surface area (Å²) in [6.07, 6.45) is 7.89. The Morgan fingerprint density at radius 3 is 2.63 bits per heavy atom. The average molecular weight is 362 g/mol. The lowest BCUT2D eigenvalue weighted by Gasteiger charge is -2.13. The van der Waals surface area contributed by atoms with Crippen LogP contribution in [0.15, 0.2) is 59.8 Å². The van der Waals surface area contributed by atoms with Gasteiger partial charge in [0.25, 0.3) is 5.56 Å². The zero-order valence-electron chi connectivity index (χ0n) is 14.9. The summed E-state index contributed by atoms with van der Waals surface area (Å²) in [6.45, 7) is 1.89. The molecule has 0 unspecified atom stereocenters. The van der Waals surface area contributed by atoms with Gasteiger partial charge in [0.2, 0.25) is 0 Å². The first-order chi connectivity index (χ1) is 13.0.